The number of sulfonamides is 2. The van der Waals surface area contributed by atoms with Crippen molar-refractivity contribution in [2.45, 2.75) is 37.0 Å². The van der Waals surface area contributed by atoms with Crippen molar-refractivity contribution < 1.29 is 16.8 Å². The van der Waals surface area contributed by atoms with E-state index in [2.05, 4.69) is 5.10 Å². The zero-order chi connectivity index (χ0) is 21.6. The highest BCUT2D eigenvalue weighted by Gasteiger charge is 2.35. The molecular formula is C18H25ClN4O4S2. The molecule has 1 aliphatic heterocycles. The van der Waals surface area contributed by atoms with Gasteiger partial charge in [0.25, 0.3) is 0 Å². The van der Waals surface area contributed by atoms with Crippen LogP contribution in [0, 0.1) is 20.8 Å². The molecule has 1 aromatic carbocycles. The number of halogens is 1. The smallest absolute Gasteiger partial charge is 0.246 e. The molecule has 0 unspecified atom stereocenters. The lowest BCUT2D eigenvalue weighted by Crippen LogP contribution is -2.37. The fourth-order valence-electron chi connectivity index (χ4n) is 3.61. The Morgan fingerprint density at radius 1 is 0.931 bits per heavy atom. The normalized spacial score (nSPS) is 17.4. The second kappa shape index (κ2) is 7.99. The Balaban J connectivity index is 1.88. The zero-order valence-electron chi connectivity index (χ0n) is 16.9. The van der Waals surface area contributed by atoms with Crippen LogP contribution in [0.1, 0.15) is 23.4 Å². The molecule has 0 saturated carbocycles. The highest BCUT2D eigenvalue weighted by atomic mass is 35.5. The third-order valence-corrected chi connectivity index (χ3v) is 9.89. The van der Waals surface area contributed by atoms with Crippen LogP contribution in [0.4, 0.5) is 0 Å². The molecule has 0 amide bonds. The monoisotopic (exact) mass is 460 g/mol. The molecule has 0 spiro atoms. The summed E-state index contributed by atoms with van der Waals surface area (Å²) in [7, 11) is -5.84. The van der Waals surface area contributed by atoms with Crippen LogP contribution in [-0.2, 0) is 27.1 Å². The van der Waals surface area contributed by atoms with Crippen molar-refractivity contribution in [3.05, 3.63) is 40.2 Å². The lowest BCUT2D eigenvalue weighted by molar-refractivity contribution is 0.404. The summed E-state index contributed by atoms with van der Waals surface area (Å²) >= 11 is 6.10. The third-order valence-electron chi connectivity index (χ3n) is 5.29. The predicted molar refractivity (Wildman–Crippen MR) is 111 cm³/mol. The van der Waals surface area contributed by atoms with Gasteiger partial charge >= 0.3 is 0 Å². The molecule has 0 atom stereocenters. The quantitative estimate of drug-likeness (QED) is 0.696. The standard InChI is InChI=1S/C18H25ClN4O4S2/c1-13-16(19)7-5-8-17(13)28(24,25)22-9-6-10-23(12-11-22)29(26,27)18-14(2)20-21(4)15(18)3/h5,7-8H,6,9-12H2,1-4H3. The zero-order valence-corrected chi connectivity index (χ0v) is 19.3. The minimum atomic E-state index is -3.77. The number of benzene rings is 1. The molecule has 11 heteroatoms. The van der Waals surface area contributed by atoms with Crippen LogP contribution in [0.15, 0.2) is 28.0 Å². The van der Waals surface area contributed by atoms with Crippen molar-refractivity contribution in [1.29, 1.82) is 0 Å². The van der Waals surface area contributed by atoms with Crippen LogP contribution in [0.25, 0.3) is 0 Å². The summed E-state index contributed by atoms with van der Waals surface area (Å²) in [6, 6.07) is 4.77. The van der Waals surface area contributed by atoms with E-state index in [-0.39, 0.29) is 36.0 Å². The van der Waals surface area contributed by atoms with Crippen molar-refractivity contribution in [2.24, 2.45) is 7.05 Å². The van der Waals surface area contributed by atoms with Crippen LogP contribution in [0.5, 0.6) is 0 Å². The Morgan fingerprint density at radius 3 is 2.07 bits per heavy atom. The molecule has 2 heterocycles. The van der Waals surface area contributed by atoms with E-state index in [1.165, 1.54) is 14.7 Å². The van der Waals surface area contributed by atoms with Gasteiger partial charge in [-0.05, 0) is 44.9 Å². The largest absolute Gasteiger partial charge is 0.271 e. The molecule has 0 radical (unpaired) electrons. The topological polar surface area (TPSA) is 92.6 Å². The SMILES string of the molecule is Cc1nn(C)c(C)c1S(=O)(=O)N1CCCN(S(=O)(=O)c2cccc(Cl)c2C)CC1. The molecule has 0 bridgehead atoms. The highest BCUT2D eigenvalue weighted by molar-refractivity contribution is 7.89. The number of hydrogen-bond donors (Lipinski definition) is 0. The number of aromatic nitrogens is 2. The second-order valence-electron chi connectivity index (χ2n) is 7.15. The van der Waals surface area contributed by atoms with E-state index < -0.39 is 20.0 Å². The van der Waals surface area contributed by atoms with Crippen molar-refractivity contribution >= 4 is 31.6 Å². The Bertz CT molecular complexity index is 1140. The molecule has 8 nitrogen and oxygen atoms in total. The summed E-state index contributed by atoms with van der Waals surface area (Å²) in [6.07, 6.45) is 0.399. The Hall–Kier alpha value is -1.46. The number of rotatable bonds is 4. The molecule has 160 valence electrons. The molecule has 0 N–H and O–H groups in total. The first kappa shape index (κ1) is 22.2. The van der Waals surface area contributed by atoms with Crippen molar-refractivity contribution in [2.75, 3.05) is 26.2 Å². The van der Waals surface area contributed by atoms with Gasteiger partial charge in [-0.3, -0.25) is 4.68 Å². The second-order valence-corrected chi connectivity index (χ2v) is 11.3. The maximum atomic E-state index is 13.2. The van der Waals surface area contributed by atoms with Crippen LogP contribution >= 0.6 is 11.6 Å². The Labute approximate surface area is 177 Å². The van der Waals surface area contributed by atoms with Crippen LogP contribution < -0.4 is 0 Å². The van der Waals surface area contributed by atoms with Gasteiger partial charge in [-0.1, -0.05) is 17.7 Å². The van der Waals surface area contributed by atoms with E-state index in [0.717, 1.165) is 0 Å². The minimum Gasteiger partial charge on any atom is -0.271 e. The van der Waals surface area contributed by atoms with Gasteiger partial charge in [0.05, 0.1) is 16.3 Å². The van der Waals surface area contributed by atoms with Gasteiger partial charge in [0, 0.05) is 38.2 Å². The van der Waals surface area contributed by atoms with Crippen LogP contribution in [-0.4, -0.2) is 61.4 Å². The Kier molecular flexibility index (Phi) is 6.13. The molecule has 1 aromatic heterocycles. The fourth-order valence-corrected chi connectivity index (χ4v) is 7.43. The minimum absolute atomic E-state index is 0.0753. The van der Waals surface area contributed by atoms with E-state index in [4.69, 9.17) is 11.6 Å². The predicted octanol–water partition coefficient (Wildman–Crippen LogP) is 2.08. The highest BCUT2D eigenvalue weighted by Crippen LogP contribution is 2.28. The number of aryl methyl sites for hydroxylation is 2. The van der Waals surface area contributed by atoms with E-state index in [1.54, 1.807) is 44.6 Å². The van der Waals surface area contributed by atoms with Crippen LogP contribution in [0.3, 0.4) is 0 Å². The summed E-state index contributed by atoms with van der Waals surface area (Å²) in [6.45, 7) is 5.68. The van der Waals surface area contributed by atoms with Gasteiger partial charge in [0.15, 0.2) is 0 Å². The van der Waals surface area contributed by atoms with Crippen molar-refractivity contribution in [3.63, 3.8) is 0 Å². The van der Waals surface area contributed by atoms with Gasteiger partial charge < -0.3 is 0 Å². The summed E-state index contributed by atoms with van der Waals surface area (Å²) in [5.41, 5.74) is 1.49. The van der Waals surface area contributed by atoms with E-state index in [1.807, 2.05) is 0 Å². The molecule has 0 aliphatic carbocycles. The van der Waals surface area contributed by atoms with Crippen molar-refractivity contribution in [1.82, 2.24) is 18.4 Å². The van der Waals surface area contributed by atoms with Gasteiger partial charge in [0.2, 0.25) is 20.0 Å². The fraction of sp³-hybridized carbons (Fsp3) is 0.500. The number of hydrogen-bond acceptors (Lipinski definition) is 5. The van der Waals surface area contributed by atoms with Gasteiger partial charge in [0.1, 0.15) is 4.90 Å². The van der Waals surface area contributed by atoms with Crippen LogP contribution in [0.2, 0.25) is 5.02 Å². The maximum Gasteiger partial charge on any atom is 0.246 e. The summed E-state index contributed by atoms with van der Waals surface area (Å²) < 4.78 is 56.9. The lowest BCUT2D eigenvalue weighted by Gasteiger charge is -2.22. The van der Waals surface area contributed by atoms with Crippen molar-refractivity contribution in [3.8, 4) is 0 Å². The first-order chi connectivity index (χ1) is 13.5. The summed E-state index contributed by atoms with van der Waals surface area (Å²) in [5.74, 6) is 0. The molecule has 2 aromatic rings. The Morgan fingerprint density at radius 2 is 1.52 bits per heavy atom. The number of nitrogens with zero attached hydrogens (tertiary/aromatic N) is 4. The first-order valence-electron chi connectivity index (χ1n) is 9.23. The van der Waals surface area contributed by atoms with E-state index in [9.17, 15) is 16.8 Å². The van der Waals surface area contributed by atoms with E-state index in [0.29, 0.717) is 28.4 Å². The summed E-state index contributed by atoms with van der Waals surface area (Å²) in [5, 5.41) is 4.58. The molecule has 29 heavy (non-hydrogen) atoms. The molecule has 1 saturated heterocycles. The van der Waals surface area contributed by atoms with E-state index >= 15 is 0 Å². The average molecular weight is 461 g/mol. The van der Waals surface area contributed by atoms with Gasteiger partial charge in [-0.2, -0.15) is 13.7 Å². The lowest BCUT2D eigenvalue weighted by atomic mass is 10.2. The molecule has 1 fully saturated rings. The molecule has 3 rings (SSSR count). The van der Waals surface area contributed by atoms with Gasteiger partial charge in [-0.15, -0.1) is 0 Å². The first-order valence-corrected chi connectivity index (χ1v) is 12.5. The molecular weight excluding hydrogens is 436 g/mol. The molecule has 1 aliphatic rings. The third kappa shape index (κ3) is 3.96. The van der Waals surface area contributed by atoms with Gasteiger partial charge in [-0.25, -0.2) is 16.8 Å². The summed E-state index contributed by atoms with van der Waals surface area (Å²) in [4.78, 5) is 0.349. The average Bonchev–Trinajstić information content (AvgIpc) is 2.82. The maximum absolute atomic E-state index is 13.2.